The number of hydrogen-bond acceptors (Lipinski definition) is 3. The van der Waals surface area contributed by atoms with Gasteiger partial charge in [-0.2, -0.15) is 0 Å². The molecule has 4 heteroatoms. The van der Waals surface area contributed by atoms with E-state index in [1.807, 2.05) is 6.07 Å². The quantitative estimate of drug-likeness (QED) is 0.639. The van der Waals surface area contributed by atoms with Crippen LogP contribution in [0.2, 0.25) is 0 Å². The van der Waals surface area contributed by atoms with Crippen molar-refractivity contribution in [3.8, 4) is 0 Å². The van der Waals surface area contributed by atoms with Crippen LogP contribution in [0, 0.1) is 5.92 Å². The minimum absolute atomic E-state index is 0.357. The number of rotatable bonds is 5. The molecule has 1 aliphatic carbocycles. The van der Waals surface area contributed by atoms with Crippen molar-refractivity contribution in [2.75, 3.05) is 0 Å². The highest BCUT2D eigenvalue weighted by atomic mass is 15.2. The van der Waals surface area contributed by atoms with Crippen LogP contribution in [0.25, 0.3) is 11.0 Å². The topological polar surface area (TPSA) is 55.9 Å². The van der Waals surface area contributed by atoms with Crippen molar-refractivity contribution < 1.29 is 0 Å². The van der Waals surface area contributed by atoms with Gasteiger partial charge in [0.1, 0.15) is 5.82 Å². The number of nitrogens with one attached hydrogen (secondary N) is 1. The van der Waals surface area contributed by atoms with E-state index in [2.05, 4.69) is 35.1 Å². The Kier molecular flexibility index (Phi) is 3.53. The molecule has 0 saturated heterocycles. The Bertz CT molecular complexity index is 556. The van der Waals surface area contributed by atoms with Crippen LogP contribution in [0.5, 0.6) is 0 Å². The molecular formula is C15H22N4. The van der Waals surface area contributed by atoms with E-state index in [1.165, 1.54) is 24.8 Å². The fraction of sp³-hybridized carbons (Fsp3) is 0.533. The molecule has 0 bridgehead atoms. The van der Waals surface area contributed by atoms with Gasteiger partial charge in [-0.25, -0.2) is 4.98 Å². The molecule has 1 atom stereocenters. The number of hydrazine groups is 1. The number of nitrogens with zero attached hydrogens (tertiary/aromatic N) is 2. The van der Waals surface area contributed by atoms with Crippen LogP contribution in [0.4, 0.5) is 0 Å². The van der Waals surface area contributed by atoms with Crippen LogP contribution in [0.1, 0.15) is 32.0 Å². The second-order valence-electron chi connectivity index (χ2n) is 5.43. The molecule has 1 saturated carbocycles. The van der Waals surface area contributed by atoms with E-state index in [0.29, 0.717) is 6.04 Å². The average Bonchev–Trinajstić information content (AvgIpc) is 2.72. The van der Waals surface area contributed by atoms with Crippen LogP contribution in [-0.4, -0.2) is 15.6 Å². The molecule has 0 amide bonds. The van der Waals surface area contributed by atoms with E-state index in [4.69, 9.17) is 10.8 Å². The summed E-state index contributed by atoms with van der Waals surface area (Å²) in [5.41, 5.74) is 5.31. The Morgan fingerprint density at radius 1 is 1.42 bits per heavy atom. The molecule has 3 N–H and O–H groups in total. The zero-order valence-corrected chi connectivity index (χ0v) is 11.5. The van der Waals surface area contributed by atoms with Gasteiger partial charge in [-0.1, -0.05) is 18.6 Å². The summed E-state index contributed by atoms with van der Waals surface area (Å²) in [6.45, 7) is 3.13. The van der Waals surface area contributed by atoms with Gasteiger partial charge in [0, 0.05) is 19.0 Å². The Balaban J connectivity index is 1.90. The Morgan fingerprint density at radius 3 is 2.84 bits per heavy atom. The van der Waals surface area contributed by atoms with Gasteiger partial charge >= 0.3 is 0 Å². The first kappa shape index (κ1) is 12.6. The second kappa shape index (κ2) is 5.31. The standard InChI is InChI=1S/C15H22N4/c1-2-19-14-9-4-3-8-12(14)17-15(19)10-13(18-16)11-6-5-7-11/h3-4,8-9,11,13,18H,2,5-7,10,16H2,1H3. The van der Waals surface area contributed by atoms with Crippen molar-refractivity contribution in [2.24, 2.45) is 11.8 Å². The van der Waals surface area contributed by atoms with Gasteiger partial charge in [0.15, 0.2) is 0 Å². The highest BCUT2D eigenvalue weighted by Gasteiger charge is 2.28. The molecule has 3 rings (SSSR count). The number of imidazole rings is 1. The van der Waals surface area contributed by atoms with E-state index in [-0.39, 0.29) is 0 Å². The van der Waals surface area contributed by atoms with E-state index in [1.54, 1.807) is 0 Å². The van der Waals surface area contributed by atoms with Gasteiger partial charge in [-0.15, -0.1) is 0 Å². The van der Waals surface area contributed by atoms with Gasteiger partial charge in [0.25, 0.3) is 0 Å². The third kappa shape index (κ3) is 2.26. The minimum Gasteiger partial charge on any atom is -0.328 e. The van der Waals surface area contributed by atoms with Crippen LogP contribution in [0.15, 0.2) is 24.3 Å². The lowest BCUT2D eigenvalue weighted by atomic mass is 9.79. The van der Waals surface area contributed by atoms with Crippen LogP contribution < -0.4 is 11.3 Å². The minimum atomic E-state index is 0.357. The van der Waals surface area contributed by atoms with Crippen molar-refractivity contribution in [3.05, 3.63) is 30.1 Å². The highest BCUT2D eigenvalue weighted by Crippen LogP contribution is 2.31. The number of hydrogen-bond donors (Lipinski definition) is 2. The molecule has 102 valence electrons. The summed E-state index contributed by atoms with van der Waals surface area (Å²) in [5.74, 6) is 7.60. The van der Waals surface area contributed by atoms with Gasteiger partial charge in [-0.3, -0.25) is 11.3 Å². The molecule has 1 aromatic heterocycles. The first-order chi connectivity index (χ1) is 9.33. The summed E-state index contributed by atoms with van der Waals surface area (Å²) in [5, 5.41) is 0. The summed E-state index contributed by atoms with van der Waals surface area (Å²) >= 11 is 0. The maximum atomic E-state index is 5.73. The smallest absolute Gasteiger partial charge is 0.111 e. The fourth-order valence-corrected chi connectivity index (χ4v) is 3.03. The van der Waals surface area contributed by atoms with Crippen LogP contribution in [0.3, 0.4) is 0 Å². The lowest BCUT2D eigenvalue weighted by Gasteiger charge is -2.33. The maximum absolute atomic E-state index is 5.73. The third-order valence-corrected chi connectivity index (χ3v) is 4.39. The molecule has 1 aliphatic rings. The molecule has 2 aromatic rings. The van der Waals surface area contributed by atoms with Crippen molar-refractivity contribution in [3.63, 3.8) is 0 Å². The maximum Gasteiger partial charge on any atom is 0.111 e. The Labute approximate surface area is 114 Å². The molecule has 4 nitrogen and oxygen atoms in total. The molecule has 0 spiro atoms. The van der Waals surface area contributed by atoms with Gasteiger partial charge in [0.05, 0.1) is 11.0 Å². The van der Waals surface area contributed by atoms with Crippen LogP contribution >= 0.6 is 0 Å². The summed E-state index contributed by atoms with van der Waals surface area (Å²) in [6.07, 6.45) is 4.85. The molecule has 1 aromatic carbocycles. The SMILES string of the molecule is CCn1c(CC(NN)C2CCC2)nc2ccccc21. The number of fused-ring (bicyclic) bond motifs is 1. The van der Waals surface area contributed by atoms with Gasteiger partial charge in [0.2, 0.25) is 0 Å². The normalized spacial score (nSPS) is 17.6. The summed E-state index contributed by atoms with van der Waals surface area (Å²) in [7, 11) is 0. The predicted octanol–water partition coefficient (Wildman–Crippen LogP) is 2.23. The first-order valence-corrected chi connectivity index (χ1v) is 7.23. The van der Waals surface area contributed by atoms with E-state index in [0.717, 1.165) is 30.2 Å². The highest BCUT2D eigenvalue weighted by molar-refractivity contribution is 5.75. The van der Waals surface area contributed by atoms with E-state index in [9.17, 15) is 0 Å². The average molecular weight is 258 g/mol. The van der Waals surface area contributed by atoms with Crippen molar-refractivity contribution in [1.29, 1.82) is 0 Å². The number of aryl methyl sites for hydroxylation is 1. The third-order valence-electron chi connectivity index (χ3n) is 4.39. The summed E-state index contributed by atoms with van der Waals surface area (Å²) < 4.78 is 2.30. The largest absolute Gasteiger partial charge is 0.328 e. The zero-order chi connectivity index (χ0) is 13.2. The summed E-state index contributed by atoms with van der Waals surface area (Å²) in [6, 6.07) is 8.70. The van der Waals surface area contributed by atoms with Crippen molar-refractivity contribution >= 4 is 11.0 Å². The first-order valence-electron chi connectivity index (χ1n) is 7.23. The fourth-order valence-electron chi connectivity index (χ4n) is 3.03. The lowest BCUT2D eigenvalue weighted by molar-refractivity contribution is 0.225. The van der Waals surface area contributed by atoms with Crippen molar-refractivity contribution in [1.82, 2.24) is 15.0 Å². The zero-order valence-electron chi connectivity index (χ0n) is 11.5. The van der Waals surface area contributed by atoms with Gasteiger partial charge in [-0.05, 0) is 37.8 Å². The van der Waals surface area contributed by atoms with E-state index >= 15 is 0 Å². The van der Waals surface area contributed by atoms with Crippen molar-refractivity contribution in [2.45, 2.75) is 45.2 Å². The Morgan fingerprint density at radius 2 is 2.21 bits per heavy atom. The molecule has 0 radical (unpaired) electrons. The molecule has 0 aliphatic heterocycles. The monoisotopic (exact) mass is 258 g/mol. The second-order valence-corrected chi connectivity index (χ2v) is 5.43. The molecule has 1 unspecified atom stereocenters. The number of benzene rings is 1. The number of nitrogens with two attached hydrogens (primary N) is 1. The Hall–Kier alpha value is -1.39. The molecule has 1 fully saturated rings. The van der Waals surface area contributed by atoms with E-state index < -0.39 is 0 Å². The predicted molar refractivity (Wildman–Crippen MR) is 77.6 cm³/mol. The molecule has 1 heterocycles. The lowest BCUT2D eigenvalue weighted by Crippen LogP contribution is -2.45. The van der Waals surface area contributed by atoms with Crippen LogP contribution in [-0.2, 0) is 13.0 Å². The molecular weight excluding hydrogens is 236 g/mol. The van der Waals surface area contributed by atoms with Gasteiger partial charge < -0.3 is 4.57 Å². The summed E-state index contributed by atoms with van der Waals surface area (Å²) in [4.78, 5) is 4.78. The molecule has 19 heavy (non-hydrogen) atoms. The number of aromatic nitrogens is 2. The number of para-hydroxylation sites is 2.